The monoisotopic (exact) mass is 432 g/mol. The van der Waals surface area contributed by atoms with E-state index in [4.69, 9.17) is 11.6 Å². The van der Waals surface area contributed by atoms with Gasteiger partial charge >= 0.3 is 0 Å². The number of nitrogens with one attached hydrogen (secondary N) is 1. The van der Waals surface area contributed by atoms with E-state index in [1.807, 2.05) is 32.0 Å². The smallest absolute Gasteiger partial charge is 0.197 e. The van der Waals surface area contributed by atoms with Crippen molar-refractivity contribution in [2.24, 2.45) is 0 Å². The predicted molar refractivity (Wildman–Crippen MR) is 127 cm³/mol. The number of unbranched alkanes of at least 4 members (excludes halogenated alkanes) is 1. The van der Waals surface area contributed by atoms with E-state index in [9.17, 15) is 9.90 Å². The predicted octanol–water partition coefficient (Wildman–Crippen LogP) is 5.27. The molecule has 1 aromatic heterocycles. The fourth-order valence-corrected chi connectivity index (χ4v) is 5.05. The van der Waals surface area contributed by atoms with Crippen LogP contribution in [0.3, 0.4) is 0 Å². The molecule has 29 heavy (non-hydrogen) atoms. The molecule has 0 amide bonds. The Morgan fingerprint density at radius 2 is 2.03 bits per heavy atom. The second-order valence-electron chi connectivity index (χ2n) is 7.64. The van der Waals surface area contributed by atoms with Crippen LogP contribution >= 0.6 is 22.9 Å². The molecule has 1 unspecified atom stereocenters. The van der Waals surface area contributed by atoms with Crippen LogP contribution in [0.2, 0.25) is 5.02 Å². The molecule has 3 rings (SSSR count). The van der Waals surface area contributed by atoms with E-state index in [1.165, 1.54) is 0 Å². The zero-order chi connectivity index (χ0) is 21.0. The second kappa shape index (κ2) is 9.90. The molecule has 4 nitrogen and oxygen atoms in total. The summed E-state index contributed by atoms with van der Waals surface area (Å²) in [5.74, 6) is 0. The van der Waals surface area contributed by atoms with E-state index in [-0.39, 0.29) is 11.5 Å². The van der Waals surface area contributed by atoms with Gasteiger partial charge in [-0.2, -0.15) is 0 Å². The molecule has 6 heteroatoms. The van der Waals surface area contributed by atoms with E-state index >= 15 is 0 Å². The summed E-state index contributed by atoms with van der Waals surface area (Å²) in [7, 11) is 0. The number of aliphatic hydroxyl groups is 1. The van der Waals surface area contributed by atoms with E-state index < -0.39 is 0 Å². The lowest BCUT2D eigenvalue weighted by atomic mass is 10.1. The van der Waals surface area contributed by atoms with E-state index in [0.29, 0.717) is 17.0 Å². The third kappa shape index (κ3) is 5.28. The van der Waals surface area contributed by atoms with Gasteiger partial charge in [0, 0.05) is 45.1 Å². The molecule has 0 saturated carbocycles. The number of rotatable bonds is 9. The Kier molecular flexibility index (Phi) is 7.52. The van der Waals surface area contributed by atoms with Crippen molar-refractivity contribution >= 4 is 48.8 Å². The molecule has 0 radical (unpaired) electrons. The molecule has 0 aliphatic rings. The highest BCUT2D eigenvalue weighted by atomic mass is 35.5. The minimum atomic E-state index is -0.347. The van der Waals surface area contributed by atoms with Crippen LogP contribution in [0.4, 0.5) is 5.69 Å². The molecule has 3 aromatic rings. The van der Waals surface area contributed by atoms with Crippen LogP contribution in [-0.2, 0) is 0 Å². The minimum Gasteiger partial charge on any atom is -0.392 e. The number of fused-ring (bicyclic) bond motifs is 2. The van der Waals surface area contributed by atoms with Crippen molar-refractivity contribution in [3.63, 3.8) is 0 Å². The van der Waals surface area contributed by atoms with Gasteiger partial charge in [-0.15, -0.1) is 11.3 Å². The molecule has 2 aromatic carbocycles. The van der Waals surface area contributed by atoms with Gasteiger partial charge < -0.3 is 10.4 Å². The zero-order valence-corrected chi connectivity index (χ0v) is 18.9. The number of anilines is 1. The van der Waals surface area contributed by atoms with Crippen LogP contribution in [0, 0.1) is 6.92 Å². The average Bonchev–Trinajstić information content (AvgIpc) is 2.67. The summed E-state index contributed by atoms with van der Waals surface area (Å²) in [4.78, 5) is 15.5. The van der Waals surface area contributed by atoms with Crippen molar-refractivity contribution in [1.82, 2.24) is 4.90 Å². The van der Waals surface area contributed by atoms with Crippen LogP contribution in [-0.4, -0.2) is 42.3 Å². The molecular weight excluding hydrogens is 404 g/mol. The summed E-state index contributed by atoms with van der Waals surface area (Å²) in [5.41, 5.74) is 2.01. The molecule has 0 saturated heterocycles. The van der Waals surface area contributed by atoms with Crippen molar-refractivity contribution in [1.29, 1.82) is 0 Å². The van der Waals surface area contributed by atoms with Crippen molar-refractivity contribution in [3.8, 4) is 0 Å². The molecule has 0 bridgehead atoms. The molecule has 1 atom stereocenters. The van der Waals surface area contributed by atoms with Crippen molar-refractivity contribution in [3.05, 3.63) is 51.1 Å². The van der Waals surface area contributed by atoms with Crippen LogP contribution in [0.15, 0.2) is 35.1 Å². The Labute approximate surface area is 181 Å². The van der Waals surface area contributed by atoms with Gasteiger partial charge in [0.1, 0.15) is 0 Å². The van der Waals surface area contributed by atoms with Gasteiger partial charge in [-0.1, -0.05) is 31.0 Å². The Morgan fingerprint density at radius 3 is 2.76 bits per heavy atom. The average molecular weight is 433 g/mol. The number of benzene rings is 2. The second-order valence-corrected chi connectivity index (χ2v) is 9.12. The highest BCUT2D eigenvalue weighted by molar-refractivity contribution is 7.24. The first kappa shape index (κ1) is 22.0. The SMILES string of the molecule is CCCCN(CCNc1ccc(C)c2sc3cc(Cl)ccc3c(=O)c12)CC(C)O. The molecule has 2 N–H and O–H groups in total. The molecule has 156 valence electrons. The van der Waals surface area contributed by atoms with Gasteiger partial charge in [-0.25, -0.2) is 0 Å². The lowest BCUT2D eigenvalue weighted by Gasteiger charge is -2.24. The van der Waals surface area contributed by atoms with E-state index in [2.05, 4.69) is 23.2 Å². The minimum absolute atomic E-state index is 0.0448. The highest BCUT2D eigenvalue weighted by Gasteiger charge is 2.13. The Bertz CT molecular complexity index is 1050. The number of aryl methyl sites for hydroxylation is 1. The summed E-state index contributed by atoms with van der Waals surface area (Å²) in [6, 6.07) is 9.51. The summed E-state index contributed by atoms with van der Waals surface area (Å²) in [6.45, 7) is 9.20. The normalized spacial score (nSPS) is 12.8. The van der Waals surface area contributed by atoms with E-state index in [0.717, 1.165) is 58.5 Å². The third-order valence-corrected chi connectivity index (χ3v) is 6.60. The fraction of sp³-hybridized carbons (Fsp3) is 0.435. The van der Waals surface area contributed by atoms with Gasteiger partial charge in [0.05, 0.1) is 11.5 Å². The molecule has 0 fully saturated rings. The van der Waals surface area contributed by atoms with Crippen molar-refractivity contribution < 1.29 is 5.11 Å². The summed E-state index contributed by atoms with van der Waals surface area (Å²) >= 11 is 7.75. The van der Waals surface area contributed by atoms with Gasteiger partial charge in [-0.05, 0) is 56.6 Å². The first-order valence-electron chi connectivity index (χ1n) is 10.2. The maximum absolute atomic E-state index is 13.2. The summed E-state index contributed by atoms with van der Waals surface area (Å²) in [5, 5.41) is 15.3. The number of hydrogen-bond donors (Lipinski definition) is 2. The number of nitrogens with zero attached hydrogens (tertiary/aromatic N) is 1. The molecule has 1 heterocycles. The van der Waals surface area contributed by atoms with Crippen LogP contribution in [0.25, 0.3) is 20.2 Å². The quantitative estimate of drug-likeness (QED) is 0.452. The van der Waals surface area contributed by atoms with Crippen LogP contribution in [0.1, 0.15) is 32.3 Å². The summed E-state index contributed by atoms with van der Waals surface area (Å²) < 4.78 is 1.92. The largest absolute Gasteiger partial charge is 0.392 e. The molecule has 0 aliphatic carbocycles. The molecular formula is C23H29ClN2O2S. The Hall–Kier alpha value is -1.66. The Balaban J connectivity index is 1.88. The third-order valence-electron chi connectivity index (χ3n) is 5.08. The van der Waals surface area contributed by atoms with Gasteiger partial charge in [0.25, 0.3) is 0 Å². The number of hydrogen-bond acceptors (Lipinski definition) is 5. The number of aliphatic hydroxyl groups excluding tert-OH is 1. The Morgan fingerprint density at radius 1 is 1.24 bits per heavy atom. The zero-order valence-electron chi connectivity index (χ0n) is 17.3. The lowest BCUT2D eigenvalue weighted by Crippen LogP contribution is -2.35. The lowest BCUT2D eigenvalue weighted by molar-refractivity contribution is 0.128. The van der Waals surface area contributed by atoms with Gasteiger partial charge in [0.2, 0.25) is 0 Å². The summed E-state index contributed by atoms with van der Waals surface area (Å²) in [6.07, 6.45) is 1.89. The van der Waals surface area contributed by atoms with Gasteiger partial charge in [0.15, 0.2) is 5.43 Å². The maximum Gasteiger partial charge on any atom is 0.197 e. The first-order chi connectivity index (χ1) is 13.9. The van der Waals surface area contributed by atoms with Gasteiger partial charge in [-0.3, -0.25) is 9.69 Å². The standard InChI is InChI=1S/C23H29ClN2O2S/c1-4-5-11-26(14-16(3)27)12-10-25-19-9-6-15(2)23-21(19)22(28)18-8-7-17(24)13-20(18)29-23/h6-9,13,16,25,27H,4-5,10-12,14H2,1-3H3. The first-order valence-corrected chi connectivity index (χ1v) is 11.4. The van der Waals surface area contributed by atoms with Crippen molar-refractivity contribution in [2.45, 2.75) is 39.7 Å². The topological polar surface area (TPSA) is 52.6 Å². The van der Waals surface area contributed by atoms with E-state index in [1.54, 1.807) is 17.4 Å². The maximum atomic E-state index is 13.2. The molecule has 0 spiro atoms. The highest BCUT2D eigenvalue weighted by Crippen LogP contribution is 2.32. The van der Waals surface area contributed by atoms with Crippen LogP contribution in [0.5, 0.6) is 0 Å². The van der Waals surface area contributed by atoms with Crippen LogP contribution < -0.4 is 10.7 Å². The molecule has 0 aliphatic heterocycles. The fourth-order valence-electron chi connectivity index (χ4n) is 3.60. The number of halogens is 1. The van der Waals surface area contributed by atoms with Crippen molar-refractivity contribution in [2.75, 3.05) is 31.5 Å².